The predicted molar refractivity (Wildman–Crippen MR) is 65.2 cm³/mol. The molecule has 1 amide bonds. The van der Waals surface area contributed by atoms with Crippen molar-refractivity contribution in [3.63, 3.8) is 0 Å². The van der Waals surface area contributed by atoms with Crippen LogP contribution in [0.3, 0.4) is 0 Å². The summed E-state index contributed by atoms with van der Waals surface area (Å²) in [4.78, 5) is 23.5. The highest BCUT2D eigenvalue weighted by molar-refractivity contribution is 5.76. The first-order valence-electron chi connectivity index (χ1n) is 6.11. The minimum atomic E-state index is -0.597. The summed E-state index contributed by atoms with van der Waals surface area (Å²) < 4.78 is 1.26. The van der Waals surface area contributed by atoms with Crippen LogP contribution in [0.2, 0.25) is 0 Å². The molecule has 2 atom stereocenters. The topological polar surface area (TPSA) is 102 Å². The lowest BCUT2D eigenvalue weighted by Gasteiger charge is -2.16. The van der Waals surface area contributed by atoms with Crippen molar-refractivity contribution < 1.29 is 14.8 Å². The fraction of sp³-hybridized carbons (Fsp3) is 0.636. The summed E-state index contributed by atoms with van der Waals surface area (Å²) in [7, 11) is 0. The van der Waals surface area contributed by atoms with E-state index in [2.05, 4.69) is 5.10 Å². The zero-order valence-corrected chi connectivity index (χ0v) is 10.6. The van der Waals surface area contributed by atoms with Crippen LogP contribution in [0.1, 0.15) is 13.3 Å². The molecule has 0 radical (unpaired) electrons. The number of nitro groups is 1. The Morgan fingerprint density at radius 1 is 1.74 bits per heavy atom. The average molecular weight is 268 g/mol. The molecule has 0 aromatic carbocycles. The molecule has 19 heavy (non-hydrogen) atoms. The van der Waals surface area contributed by atoms with Gasteiger partial charge < -0.3 is 20.1 Å². The molecule has 1 aliphatic heterocycles. The van der Waals surface area contributed by atoms with Crippen LogP contribution >= 0.6 is 0 Å². The normalized spacial score (nSPS) is 20.5. The van der Waals surface area contributed by atoms with Gasteiger partial charge in [0.1, 0.15) is 6.54 Å². The minimum absolute atomic E-state index is 0.0135. The van der Waals surface area contributed by atoms with Gasteiger partial charge in [-0.05, 0) is 18.3 Å². The van der Waals surface area contributed by atoms with Crippen molar-refractivity contribution in [1.82, 2.24) is 14.7 Å². The SMILES string of the molecule is CC(O)C1CCN(C(=O)Cn2ccc([N+](=O)[O-])n2)C1. The molecule has 2 unspecified atom stereocenters. The molecule has 8 heteroatoms. The predicted octanol–water partition coefficient (Wildman–Crippen LogP) is 0.0206. The summed E-state index contributed by atoms with van der Waals surface area (Å²) in [5.74, 6) is -0.298. The molecule has 1 aromatic heterocycles. The molecule has 8 nitrogen and oxygen atoms in total. The van der Waals surface area contributed by atoms with Gasteiger partial charge in [-0.1, -0.05) is 0 Å². The molecule has 2 heterocycles. The average Bonchev–Trinajstić information content (AvgIpc) is 2.96. The standard InChI is InChI=1S/C11H16N4O4/c1-8(16)9-2-4-13(6-9)11(17)7-14-5-3-10(12-14)15(18)19/h3,5,8-9,16H,2,4,6-7H2,1H3. The van der Waals surface area contributed by atoms with Gasteiger partial charge in [0.05, 0.1) is 23.5 Å². The van der Waals surface area contributed by atoms with E-state index < -0.39 is 11.0 Å². The van der Waals surface area contributed by atoms with E-state index in [9.17, 15) is 20.0 Å². The van der Waals surface area contributed by atoms with E-state index in [0.29, 0.717) is 13.1 Å². The van der Waals surface area contributed by atoms with Gasteiger partial charge in [0.25, 0.3) is 0 Å². The van der Waals surface area contributed by atoms with E-state index in [1.54, 1.807) is 11.8 Å². The van der Waals surface area contributed by atoms with Gasteiger partial charge in [0.2, 0.25) is 5.91 Å². The molecule has 1 saturated heterocycles. The molecule has 0 saturated carbocycles. The molecular weight excluding hydrogens is 252 g/mol. The highest BCUT2D eigenvalue weighted by atomic mass is 16.6. The lowest BCUT2D eigenvalue weighted by atomic mass is 10.0. The van der Waals surface area contributed by atoms with Crippen molar-refractivity contribution in [3.05, 3.63) is 22.4 Å². The smallest absolute Gasteiger partial charge is 0.389 e. The van der Waals surface area contributed by atoms with E-state index >= 15 is 0 Å². The number of aliphatic hydroxyl groups is 1. The monoisotopic (exact) mass is 268 g/mol. The Morgan fingerprint density at radius 3 is 3.00 bits per heavy atom. The van der Waals surface area contributed by atoms with Crippen LogP contribution < -0.4 is 0 Å². The van der Waals surface area contributed by atoms with Gasteiger partial charge in [0.15, 0.2) is 0 Å². The van der Waals surface area contributed by atoms with Crippen LogP contribution in [0.4, 0.5) is 5.82 Å². The molecule has 1 N–H and O–H groups in total. The zero-order chi connectivity index (χ0) is 14.0. The summed E-state index contributed by atoms with van der Waals surface area (Å²) in [5, 5.41) is 23.7. The van der Waals surface area contributed by atoms with Crippen LogP contribution in [-0.4, -0.2) is 49.8 Å². The lowest BCUT2D eigenvalue weighted by Crippen LogP contribution is -2.33. The van der Waals surface area contributed by atoms with Gasteiger partial charge in [-0.2, -0.15) is 4.68 Å². The van der Waals surface area contributed by atoms with Crippen molar-refractivity contribution in [2.45, 2.75) is 26.0 Å². The van der Waals surface area contributed by atoms with Crippen molar-refractivity contribution in [3.8, 4) is 0 Å². The van der Waals surface area contributed by atoms with Crippen molar-refractivity contribution in [1.29, 1.82) is 0 Å². The highest BCUT2D eigenvalue weighted by Gasteiger charge is 2.29. The Morgan fingerprint density at radius 2 is 2.47 bits per heavy atom. The summed E-state index contributed by atoms with van der Waals surface area (Å²) >= 11 is 0. The quantitative estimate of drug-likeness (QED) is 0.612. The van der Waals surface area contributed by atoms with E-state index in [1.165, 1.54) is 16.9 Å². The second-order valence-corrected chi connectivity index (χ2v) is 4.76. The number of aromatic nitrogens is 2. The Balaban J connectivity index is 1.92. The number of nitrogens with zero attached hydrogens (tertiary/aromatic N) is 4. The zero-order valence-electron chi connectivity index (χ0n) is 10.6. The molecule has 2 rings (SSSR count). The van der Waals surface area contributed by atoms with E-state index in [0.717, 1.165) is 6.42 Å². The van der Waals surface area contributed by atoms with Gasteiger partial charge in [-0.25, -0.2) is 0 Å². The molecule has 0 spiro atoms. The lowest BCUT2D eigenvalue weighted by molar-refractivity contribution is -0.389. The molecule has 1 aromatic rings. The number of rotatable bonds is 4. The van der Waals surface area contributed by atoms with Crippen molar-refractivity contribution >= 4 is 11.7 Å². The van der Waals surface area contributed by atoms with Crippen LogP contribution in [-0.2, 0) is 11.3 Å². The summed E-state index contributed by atoms with van der Waals surface area (Å²) in [5.41, 5.74) is 0. The third-order valence-electron chi connectivity index (χ3n) is 3.37. The van der Waals surface area contributed by atoms with Crippen LogP contribution in [0.5, 0.6) is 0 Å². The van der Waals surface area contributed by atoms with Gasteiger partial charge in [0, 0.05) is 19.0 Å². The van der Waals surface area contributed by atoms with Gasteiger partial charge in [-0.3, -0.25) is 4.79 Å². The maximum absolute atomic E-state index is 12.0. The number of carbonyl (C=O) groups is 1. The molecule has 0 bridgehead atoms. The minimum Gasteiger partial charge on any atom is -0.393 e. The largest absolute Gasteiger partial charge is 0.393 e. The van der Waals surface area contributed by atoms with Gasteiger partial charge >= 0.3 is 5.82 Å². The maximum atomic E-state index is 12.0. The Bertz CT molecular complexity index is 485. The van der Waals surface area contributed by atoms with E-state index in [-0.39, 0.29) is 24.2 Å². The number of likely N-dealkylation sites (tertiary alicyclic amines) is 1. The molecule has 104 valence electrons. The van der Waals surface area contributed by atoms with Crippen molar-refractivity contribution in [2.24, 2.45) is 5.92 Å². The number of amides is 1. The highest BCUT2D eigenvalue weighted by Crippen LogP contribution is 2.20. The number of carbonyl (C=O) groups excluding carboxylic acids is 1. The number of hydrogen-bond acceptors (Lipinski definition) is 5. The third kappa shape index (κ3) is 3.08. The van der Waals surface area contributed by atoms with Crippen LogP contribution in [0, 0.1) is 16.0 Å². The summed E-state index contributed by atoms with van der Waals surface area (Å²) in [6.07, 6.45) is 1.77. The van der Waals surface area contributed by atoms with Crippen LogP contribution in [0.25, 0.3) is 0 Å². The summed E-state index contributed by atoms with van der Waals surface area (Å²) in [6.45, 7) is 2.84. The van der Waals surface area contributed by atoms with E-state index in [4.69, 9.17) is 0 Å². The Kier molecular flexibility index (Phi) is 3.79. The fourth-order valence-electron chi connectivity index (χ4n) is 2.18. The third-order valence-corrected chi connectivity index (χ3v) is 3.37. The molecule has 0 aliphatic carbocycles. The fourth-order valence-corrected chi connectivity index (χ4v) is 2.18. The molecular formula is C11H16N4O4. The second kappa shape index (κ2) is 5.35. The first-order valence-corrected chi connectivity index (χ1v) is 6.11. The van der Waals surface area contributed by atoms with E-state index in [1.807, 2.05) is 0 Å². The molecule has 1 aliphatic rings. The first-order chi connectivity index (χ1) is 8.97. The Hall–Kier alpha value is -1.96. The maximum Gasteiger partial charge on any atom is 0.389 e. The molecule has 1 fully saturated rings. The number of aliphatic hydroxyl groups excluding tert-OH is 1. The van der Waals surface area contributed by atoms with Crippen molar-refractivity contribution in [2.75, 3.05) is 13.1 Å². The van der Waals surface area contributed by atoms with Crippen LogP contribution in [0.15, 0.2) is 12.3 Å². The Labute approximate surface area is 109 Å². The number of hydrogen-bond donors (Lipinski definition) is 1. The van der Waals surface area contributed by atoms with Gasteiger partial charge in [-0.15, -0.1) is 0 Å². The first kappa shape index (κ1) is 13.5. The second-order valence-electron chi connectivity index (χ2n) is 4.76. The summed E-state index contributed by atoms with van der Waals surface area (Å²) in [6, 6.07) is 1.26.